The molecule has 2 aromatic carbocycles. The average molecular weight is 335 g/mol. The Bertz CT molecular complexity index is 821. The third-order valence-electron chi connectivity index (χ3n) is 3.02. The van der Waals surface area contributed by atoms with Gasteiger partial charge in [-0.05, 0) is 30.3 Å². The van der Waals surface area contributed by atoms with Crippen LogP contribution < -0.4 is 10.3 Å². The van der Waals surface area contributed by atoms with Crippen molar-refractivity contribution < 1.29 is 4.74 Å². The van der Waals surface area contributed by atoms with E-state index in [1.54, 1.807) is 18.2 Å². The highest BCUT2D eigenvalue weighted by molar-refractivity contribution is 6.34. The first-order valence-electron chi connectivity index (χ1n) is 6.57. The van der Waals surface area contributed by atoms with Crippen molar-refractivity contribution in [3.63, 3.8) is 0 Å². The zero-order valence-corrected chi connectivity index (χ0v) is 12.9. The molecule has 0 bridgehead atoms. The van der Waals surface area contributed by atoms with Gasteiger partial charge in [-0.1, -0.05) is 41.4 Å². The van der Waals surface area contributed by atoms with Crippen molar-refractivity contribution in [1.82, 2.24) is 9.78 Å². The van der Waals surface area contributed by atoms with E-state index in [0.29, 0.717) is 21.5 Å². The van der Waals surface area contributed by atoms with Crippen molar-refractivity contribution in [1.29, 1.82) is 0 Å². The summed E-state index contributed by atoms with van der Waals surface area (Å²) in [5, 5.41) is 4.01. The fraction of sp³-hybridized carbons (Fsp3) is 0.0625. The fourth-order valence-electron chi connectivity index (χ4n) is 2.06. The predicted octanol–water partition coefficient (Wildman–Crippen LogP) is 4.05. The fourth-order valence-corrected chi connectivity index (χ4v) is 2.57. The Morgan fingerprint density at radius 1 is 1.00 bits per heavy atom. The van der Waals surface area contributed by atoms with E-state index in [9.17, 15) is 4.79 Å². The van der Waals surface area contributed by atoms with E-state index >= 15 is 0 Å². The molecule has 0 aliphatic carbocycles. The standard InChI is InChI=1S/C16H12Cl2N2O2/c17-11-6-12(18)8-15(7-11)22-10-13-9-16(21)20(19-13)14-4-2-1-3-5-14/h1-9,19H,10H2. The highest BCUT2D eigenvalue weighted by atomic mass is 35.5. The number of aromatic nitrogens is 2. The van der Waals surface area contributed by atoms with Crippen LogP contribution in [-0.4, -0.2) is 9.78 Å². The summed E-state index contributed by atoms with van der Waals surface area (Å²) in [5.74, 6) is 0.547. The monoisotopic (exact) mass is 334 g/mol. The molecule has 0 saturated heterocycles. The summed E-state index contributed by atoms with van der Waals surface area (Å²) in [6, 6.07) is 15.8. The Labute approximate surface area is 136 Å². The molecular weight excluding hydrogens is 323 g/mol. The van der Waals surface area contributed by atoms with Crippen LogP contribution in [0.1, 0.15) is 5.69 Å². The van der Waals surface area contributed by atoms with E-state index in [-0.39, 0.29) is 12.2 Å². The van der Waals surface area contributed by atoms with E-state index in [4.69, 9.17) is 27.9 Å². The number of H-pyrrole nitrogens is 1. The molecule has 0 radical (unpaired) electrons. The van der Waals surface area contributed by atoms with Crippen molar-refractivity contribution in [3.8, 4) is 11.4 Å². The minimum absolute atomic E-state index is 0.145. The first kappa shape index (κ1) is 14.8. The second-order valence-electron chi connectivity index (χ2n) is 4.68. The number of nitrogens with zero attached hydrogens (tertiary/aromatic N) is 1. The normalized spacial score (nSPS) is 10.6. The molecule has 0 amide bonds. The molecule has 1 N–H and O–H groups in total. The molecule has 3 rings (SSSR count). The van der Waals surface area contributed by atoms with E-state index in [1.165, 1.54) is 10.7 Å². The summed E-state index contributed by atoms with van der Waals surface area (Å²) in [6.07, 6.45) is 0. The van der Waals surface area contributed by atoms with Crippen molar-refractivity contribution in [2.45, 2.75) is 6.61 Å². The zero-order valence-electron chi connectivity index (χ0n) is 11.4. The lowest BCUT2D eigenvalue weighted by molar-refractivity contribution is 0.300. The van der Waals surface area contributed by atoms with E-state index in [1.807, 2.05) is 30.3 Å². The molecule has 4 nitrogen and oxygen atoms in total. The number of hydrogen-bond donors (Lipinski definition) is 1. The van der Waals surface area contributed by atoms with Gasteiger partial charge >= 0.3 is 0 Å². The van der Waals surface area contributed by atoms with E-state index in [2.05, 4.69) is 5.10 Å². The lowest BCUT2D eigenvalue weighted by atomic mass is 10.3. The molecule has 3 aromatic rings. The van der Waals surface area contributed by atoms with Gasteiger partial charge in [-0.15, -0.1) is 0 Å². The smallest absolute Gasteiger partial charge is 0.271 e. The lowest BCUT2D eigenvalue weighted by Gasteiger charge is -2.06. The van der Waals surface area contributed by atoms with Crippen LogP contribution in [0.3, 0.4) is 0 Å². The molecule has 6 heteroatoms. The lowest BCUT2D eigenvalue weighted by Crippen LogP contribution is -2.13. The SMILES string of the molecule is O=c1cc(COc2cc(Cl)cc(Cl)c2)[nH]n1-c1ccccc1. The number of nitrogens with one attached hydrogen (secondary N) is 1. The van der Waals surface area contributed by atoms with Gasteiger partial charge in [0.2, 0.25) is 0 Å². The second-order valence-corrected chi connectivity index (χ2v) is 5.56. The summed E-state index contributed by atoms with van der Waals surface area (Å²) in [4.78, 5) is 12.0. The van der Waals surface area contributed by atoms with Gasteiger partial charge in [-0.25, -0.2) is 4.68 Å². The van der Waals surface area contributed by atoms with Crippen LogP contribution in [-0.2, 0) is 6.61 Å². The number of aromatic amines is 1. The van der Waals surface area contributed by atoms with Crippen molar-refractivity contribution in [2.75, 3.05) is 0 Å². The molecule has 1 heterocycles. The van der Waals surface area contributed by atoms with Gasteiger partial charge in [-0.3, -0.25) is 9.89 Å². The molecule has 0 saturated carbocycles. The Hall–Kier alpha value is -2.17. The molecule has 0 atom stereocenters. The van der Waals surface area contributed by atoms with Crippen LogP contribution in [0.25, 0.3) is 5.69 Å². The molecule has 0 fully saturated rings. The van der Waals surface area contributed by atoms with Gasteiger partial charge in [0.1, 0.15) is 12.4 Å². The number of hydrogen-bond acceptors (Lipinski definition) is 2. The molecule has 22 heavy (non-hydrogen) atoms. The second kappa shape index (κ2) is 6.30. The summed E-state index contributed by atoms with van der Waals surface area (Å²) >= 11 is 11.8. The van der Waals surface area contributed by atoms with Crippen LogP contribution in [0.5, 0.6) is 5.75 Å². The minimum atomic E-state index is -0.145. The Morgan fingerprint density at radius 3 is 2.36 bits per heavy atom. The van der Waals surface area contributed by atoms with Crippen LogP contribution in [0.15, 0.2) is 59.4 Å². The van der Waals surface area contributed by atoms with Crippen molar-refractivity contribution in [3.05, 3.63) is 80.7 Å². The summed E-state index contributed by atoms with van der Waals surface area (Å²) < 4.78 is 7.07. The van der Waals surface area contributed by atoms with Crippen molar-refractivity contribution in [2.24, 2.45) is 0 Å². The molecule has 112 valence electrons. The van der Waals surface area contributed by atoms with E-state index in [0.717, 1.165) is 5.69 Å². The topological polar surface area (TPSA) is 47.0 Å². The number of para-hydroxylation sites is 1. The van der Waals surface area contributed by atoms with Gasteiger partial charge in [0.25, 0.3) is 5.56 Å². The first-order chi connectivity index (χ1) is 10.6. The maximum atomic E-state index is 12.0. The van der Waals surface area contributed by atoms with Gasteiger partial charge < -0.3 is 4.74 Å². The maximum absolute atomic E-state index is 12.0. The van der Waals surface area contributed by atoms with Crippen molar-refractivity contribution >= 4 is 23.2 Å². The number of benzene rings is 2. The third kappa shape index (κ3) is 3.35. The van der Waals surface area contributed by atoms with Gasteiger partial charge in [0.15, 0.2) is 0 Å². The van der Waals surface area contributed by atoms with Gasteiger partial charge in [-0.2, -0.15) is 0 Å². The highest BCUT2D eigenvalue weighted by Gasteiger charge is 2.06. The van der Waals surface area contributed by atoms with Crippen LogP contribution in [0.2, 0.25) is 10.0 Å². The largest absolute Gasteiger partial charge is 0.487 e. The third-order valence-corrected chi connectivity index (χ3v) is 3.45. The maximum Gasteiger partial charge on any atom is 0.271 e. The number of halogens is 2. The molecule has 0 unspecified atom stereocenters. The Kier molecular flexibility index (Phi) is 4.22. The van der Waals surface area contributed by atoms with Crippen LogP contribution in [0.4, 0.5) is 0 Å². The molecular formula is C16H12Cl2N2O2. The molecule has 1 aromatic heterocycles. The average Bonchev–Trinajstić information content (AvgIpc) is 2.86. The molecule has 0 aliphatic heterocycles. The van der Waals surface area contributed by atoms with Crippen LogP contribution >= 0.6 is 23.2 Å². The molecule has 0 aliphatic rings. The molecule has 0 spiro atoms. The summed E-state index contributed by atoms with van der Waals surface area (Å²) in [5.41, 5.74) is 1.28. The van der Waals surface area contributed by atoms with Crippen LogP contribution in [0, 0.1) is 0 Å². The summed E-state index contributed by atoms with van der Waals surface area (Å²) in [7, 11) is 0. The summed E-state index contributed by atoms with van der Waals surface area (Å²) in [6.45, 7) is 0.214. The number of rotatable bonds is 4. The van der Waals surface area contributed by atoms with E-state index < -0.39 is 0 Å². The Balaban J connectivity index is 1.78. The first-order valence-corrected chi connectivity index (χ1v) is 7.33. The Morgan fingerprint density at radius 2 is 1.68 bits per heavy atom. The highest BCUT2D eigenvalue weighted by Crippen LogP contribution is 2.24. The predicted molar refractivity (Wildman–Crippen MR) is 87.2 cm³/mol. The minimum Gasteiger partial charge on any atom is -0.487 e. The van der Waals surface area contributed by atoms with Gasteiger partial charge in [0, 0.05) is 16.1 Å². The number of ether oxygens (including phenoxy) is 1. The zero-order chi connectivity index (χ0) is 15.5. The quantitative estimate of drug-likeness (QED) is 0.782. The van der Waals surface area contributed by atoms with Gasteiger partial charge in [0.05, 0.1) is 11.4 Å².